The van der Waals surface area contributed by atoms with E-state index in [4.69, 9.17) is 5.14 Å². The zero-order valence-corrected chi connectivity index (χ0v) is 18.9. The molecule has 2 aromatic carbocycles. The van der Waals surface area contributed by atoms with E-state index in [9.17, 15) is 18.0 Å². The molecule has 0 bridgehead atoms. The van der Waals surface area contributed by atoms with Crippen LogP contribution in [-0.2, 0) is 21.4 Å². The van der Waals surface area contributed by atoms with E-state index in [0.29, 0.717) is 34.9 Å². The highest BCUT2D eigenvalue weighted by Crippen LogP contribution is 2.26. The summed E-state index contributed by atoms with van der Waals surface area (Å²) in [5, 5.41) is 8.62. The summed E-state index contributed by atoms with van der Waals surface area (Å²) in [5.41, 5.74) is 2.48. The Labute approximate surface area is 185 Å². The first kappa shape index (κ1) is 23.0. The van der Waals surface area contributed by atoms with Crippen LogP contribution in [0.3, 0.4) is 0 Å². The lowest BCUT2D eigenvalue weighted by Gasteiger charge is -2.07. The summed E-state index contributed by atoms with van der Waals surface area (Å²) in [6.07, 6.45) is 1.22. The number of amides is 1. The number of Topliss-reactive ketones (excluding diaryl/α,β-unsaturated/α-hetero) is 1. The van der Waals surface area contributed by atoms with Crippen molar-refractivity contribution in [2.24, 2.45) is 5.14 Å². The van der Waals surface area contributed by atoms with Crippen molar-refractivity contribution in [3.8, 4) is 0 Å². The number of hydrogen-bond donors (Lipinski definition) is 2. The molecule has 1 aromatic heterocycles. The summed E-state index contributed by atoms with van der Waals surface area (Å²) in [6, 6.07) is 11.4. The molecule has 3 rings (SSSR count). The molecule has 0 radical (unpaired) electrons. The summed E-state index contributed by atoms with van der Waals surface area (Å²) >= 11 is 1.29. The van der Waals surface area contributed by atoms with E-state index in [-0.39, 0.29) is 22.3 Å². The predicted molar refractivity (Wildman–Crippen MR) is 122 cm³/mol. The van der Waals surface area contributed by atoms with E-state index < -0.39 is 10.0 Å². The third-order valence-electron chi connectivity index (χ3n) is 4.63. The minimum atomic E-state index is -3.82. The molecule has 31 heavy (non-hydrogen) atoms. The van der Waals surface area contributed by atoms with Crippen LogP contribution in [0.4, 0.5) is 5.69 Å². The van der Waals surface area contributed by atoms with Gasteiger partial charge in [0, 0.05) is 24.2 Å². The number of nitrogens with one attached hydrogen (secondary N) is 1. The molecular formula is C21H24N4O4S2. The van der Waals surface area contributed by atoms with Crippen molar-refractivity contribution >= 4 is 50.2 Å². The number of thioether (sulfide) groups is 1. The van der Waals surface area contributed by atoms with Crippen LogP contribution in [-0.4, -0.2) is 35.4 Å². The van der Waals surface area contributed by atoms with Gasteiger partial charge in [-0.1, -0.05) is 18.7 Å². The van der Waals surface area contributed by atoms with E-state index in [0.717, 1.165) is 11.9 Å². The Hall–Kier alpha value is -2.69. The monoisotopic (exact) mass is 460 g/mol. The minimum Gasteiger partial charge on any atom is -0.326 e. The van der Waals surface area contributed by atoms with Crippen LogP contribution in [0.5, 0.6) is 0 Å². The van der Waals surface area contributed by atoms with Gasteiger partial charge < -0.3 is 9.88 Å². The van der Waals surface area contributed by atoms with Crippen LogP contribution in [0.25, 0.3) is 11.0 Å². The highest BCUT2D eigenvalue weighted by atomic mass is 32.2. The number of rotatable bonds is 9. The van der Waals surface area contributed by atoms with E-state index in [2.05, 4.69) is 10.3 Å². The molecule has 0 spiro atoms. The quantitative estimate of drug-likeness (QED) is 0.372. The van der Waals surface area contributed by atoms with Gasteiger partial charge in [-0.15, -0.1) is 0 Å². The van der Waals surface area contributed by atoms with Crippen LogP contribution in [0.2, 0.25) is 0 Å². The molecular weight excluding hydrogens is 436 g/mol. The number of imidazole rings is 1. The molecule has 10 heteroatoms. The highest BCUT2D eigenvalue weighted by molar-refractivity contribution is 7.99. The third-order valence-corrected chi connectivity index (χ3v) is 6.52. The molecule has 3 N–H and O–H groups in total. The Morgan fingerprint density at radius 3 is 2.45 bits per heavy atom. The topological polar surface area (TPSA) is 124 Å². The number of anilines is 1. The molecule has 3 aromatic rings. The molecule has 0 unspecified atom stereocenters. The number of aromatic nitrogens is 2. The molecule has 164 valence electrons. The van der Waals surface area contributed by atoms with Crippen molar-refractivity contribution < 1.29 is 18.0 Å². The van der Waals surface area contributed by atoms with Gasteiger partial charge in [0.2, 0.25) is 15.9 Å². The fourth-order valence-electron chi connectivity index (χ4n) is 3.08. The van der Waals surface area contributed by atoms with E-state index in [1.54, 1.807) is 30.3 Å². The largest absolute Gasteiger partial charge is 0.326 e. The molecule has 0 aliphatic carbocycles. The summed E-state index contributed by atoms with van der Waals surface area (Å²) in [5.74, 6) is 0.0463. The van der Waals surface area contributed by atoms with Crippen LogP contribution in [0, 0.1) is 0 Å². The zero-order chi connectivity index (χ0) is 22.6. The average molecular weight is 461 g/mol. The SMILES string of the molecule is CCCC(=O)Nc1ccc(C(=O)CSc2nc3cc(S(N)(=O)=O)ccc3n2CC)cc1. The van der Waals surface area contributed by atoms with Crippen molar-refractivity contribution in [1.29, 1.82) is 0 Å². The molecule has 0 aliphatic rings. The van der Waals surface area contributed by atoms with Gasteiger partial charge in [0.25, 0.3) is 0 Å². The maximum atomic E-state index is 12.6. The fraction of sp³-hybridized carbons (Fsp3) is 0.286. The maximum absolute atomic E-state index is 12.6. The molecule has 0 aliphatic heterocycles. The maximum Gasteiger partial charge on any atom is 0.238 e. The molecule has 0 atom stereocenters. The second-order valence-electron chi connectivity index (χ2n) is 6.92. The molecule has 1 heterocycles. The van der Waals surface area contributed by atoms with Gasteiger partial charge in [-0.3, -0.25) is 9.59 Å². The number of carbonyl (C=O) groups is 2. The van der Waals surface area contributed by atoms with Gasteiger partial charge in [-0.25, -0.2) is 18.5 Å². The second-order valence-corrected chi connectivity index (χ2v) is 9.43. The van der Waals surface area contributed by atoms with Crippen molar-refractivity contribution in [2.45, 2.75) is 43.3 Å². The normalized spacial score (nSPS) is 11.6. The smallest absolute Gasteiger partial charge is 0.238 e. The number of benzene rings is 2. The van der Waals surface area contributed by atoms with E-state index >= 15 is 0 Å². The number of ketones is 1. The van der Waals surface area contributed by atoms with Crippen LogP contribution >= 0.6 is 11.8 Å². The lowest BCUT2D eigenvalue weighted by atomic mass is 10.1. The summed E-state index contributed by atoms with van der Waals surface area (Å²) in [7, 11) is -3.82. The Morgan fingerprint density at radius 1 is 1.13 bits per heavy atom. The standard InChI is InChI=1S/C21H24N4O4S2/c1-3-5-20(27)23-15-8-6-14(7-9-15)19(26)13-30-21-24-17-12-16(31(22,28)29)10-11-18(17)25(21)4-2/h6-12H,3-5,13H2,1-2H3,(H,23,27)(H2,22,28,29). The van der Waals surface area contributed by atoms with E-state index in [1.807, 2.05) is 18.4 Å². The van der Waals surface area contributed by atoms with Gasteiger partial charge in [-0.2, -0.15) is 0 Å². The number of aryl methyl sites for hydroxylation is 1. The summed E-state index contributed by atoms with van der Waals surface area (Å²) in [6.45, 7) is 4.50. The molecule has 0 fully saturated rings. The first-order valence-corrected chi connectivity index (χ1v) is 12.3. The zero-order valence-electron chi connectivity index (χ0n) is 17.3. The number of sulfonamides is 1. The molecule has 1 amide bonds. The fourth-order valence-corrected chi connectivity index (χ4v) is 4.59. The molecule has 8 nitrogen and oxygen atoms in total. The summed E-state index contributed by atoms with van der Waals surface area (Å²) < 4.78 is 25.1. The van der Waals surface area contributed by atoms with Crippen molar-refractivity contribution in [2.75, 3.05) is 11.1 Å². The molecule has 0 saturated carbocycles. The minimum absolute atomic E-state index is 0.000466. The van der Waals surface area contributed by atoms with Crippen LogP contribution in [0.15, 0.2) is 52.5 Å². The van der Waals surface area contributed by atoms with Crippen molar-refractivity contribution in [3.63, 3.8) is 0 Å². The van der Waals surface area contributed by atoms with Crippen LogP contribution in [0.1, 0.15) is 37.0 Å². The second kappa shape index (κ2) is 9.63. The first-order chi connectivity index (χ1) is 14.7. The predicted octanol–water partition coefficient (Wildman–Crippen LogP) is 3.42. The molecule has 0 saturated heterocycles. The van der Waals surface area contributed by atoms with E-state index in [1.165, 1.54) is 23.9 Å². The average Bonchev–Trinajstić information content (AvgIpc) is 3.08. The van der Waals surface area contributed by atoms with Crippen molar-refractivity contribution in [1.82, 2.24) is 9.55 Å². The lowest BCUT2D eigenvalue weighted by Crippen LogP contribution is -2.11. The Balaban J connectivity index is 1.73. The van der Waals surface area contributed by atoms with Gasteiger partial charge in [0.15, 0.2) is 10.9 Å². The van der Waals surface area contributed by atoms with Gasteiger partial charge in [0.05, 0.1) is 21.7 Å². The Kier molecular flexibility index (Phi) is 7.14. The van der Waals surface area contributed by atoms with Gasteiger partial charge >= 0.3 is 0 Å². The highest BCUT2D eigenvalue weighted by Gasteiger charge is 2.16. The lowest BCUT2D eigenvalue weighted by molar-refractivity contribution is -0.116. The Bertz CT molecular complexity index is 1220. The number of primary sulfonamides is 1. The number of nitrogens with zero attached hydrogens (tertiary/aromatic N) is 2. The van der Waals surface area contributed by atoms with Gasteiger partial charge in [-0.05, 0) is 55.8 Å². The number of nitrogens with two attached hydrogens (primary N) is 1. The third kappa shape index (κ3) is 5.52. The number of carbonyl (C=O) groups excluding carboxylic acids is 2. The van der Waals surface area contributed by atoms with Crippen molar-refractivity contribution in [3.05, 3.63) is 48.0 Å². The van der Waals surface area contributed by atoms with Gasteiger partial charge in [0.1, 0.15) is 0 Å². The number of hydrogen-bond acceptors (Lipinski definition) is 6. The number of fused-ring (bicyclic) bond motifs is 1. The summed E-state index contributed by atoms with van der Waals surface area (Å²) in [4.78, 5) is 28.8. The Morgan fingerprint density at radius 2 is 1.84 bits per heavy atom. The first-order valence-electron chi connectivity index (χ1n) is 9.82. The van der Waals surface area contributed by atoms with Crippen LogP contribution < -0.4 is 10.5 Å².